The Labute approximate surface area is 468 Å². The number of hydrogen-bond donors (Lipinski definition) is 3. The van der Waals surface area contributed by atoms with Crippen LogP contribution in [0.15, 0.2) is 79.9 Å². The highest BCUT2D eigenvalue weighted by Crippen LogP contribution is 2.46. The first kappa shape index (κ1) is 64.8. The van der Waals surface area contributed by atoms with Crippen LogP contribution in [0.25, 0.3) is 28.1 Å². The van der Waals surface area contributed by atoms with Crippen molar-refractivity contribution in [2.24, 2.45) is 24.4 Å². The molecule has 3 aliphatic rings. The summed E-state index contributed by atoms with van der Waals surface area (Å²) in [6, 6.07) is 12.2. The lowest BCUT2D eigenvalue weighted by atomic mass is 9.87. The quantitative estimate of drug-likeness (QED) is 0.0779. The number of aromatic nitrogens is 3. The molecule has 428 valence electrons. The zero-order valence-corrected chi connectivity index (χ0v) is 48.8. The first-order valence-corrected chi connectivity index (χ1v) is 28.5. The predicted octanol–water partition coefficient (Wildman–Crippen LogP) is 14.6. The Kier molecular flexibility index (Phi) is 26.9. The van der Waals surface area contributed by atoms with E-state index < -0.39 is 23.3 Å². The van der Waals surface area contributed by atoms with Crippen LogP contribution in [0.1, 0.15) is 147 Å². The Hall–Kier alpha value is -5.74. The number of nitrogens with one attached hydrogen (secondary N) is 1. The number of nitrogens with two attached hydrogens (primary N) is 2. The van der Waals surface area contributed by atoms with Gasteiger partial charge in [-0.25, -0.2) is 17.6 Å². The summed E-state index contributed by atoms with van der Waals surface area (Å²) in [6.07, 6.45) is 15.6. The summed E-state index contributed by atoms with van der Waals surface area (Å²) >= 11 is 6.46. The Balaban J connectivity index is 0.000000317. The van der Waals surface area contributed by atoms with Gasteiger partial charge in [-0.3, -0.25) is 14.5 Å². The van der Waals surface area contributed by atoms with Crippen LogP contribution in [-0.4, -0.2) is 83.3 Å². The summed E-state index contributed by atoms with van der Waals surface area (Å²) in [5.41, 5.74) is 12.2. The van der Waals surface area contributed by atoms with E-state index in [1.807, 2.05) is 57.7 Å². The Morgan fingerprint density at radius 2 is 1.55 bits per heavy atom. The second-order valence-corrected chi connectivity index (χ2v) is 20.2. The molecule has 1 aliphatic carbocycles. The van der Waals surface area contributed by atoms with Gasteiger partial charge >= 0.3 is 0 Å². The topological polar surface area (TPSA) is 131 Å². The molecule has 78 heavy (non-hydrogen) atoms. The van der Waals surface area contributed by atoms with E-state index in [1.54, 1.807) is 25.4 Å². The molecule has 0 bridgehead atoms. The fraction of sp³-hybridized carbons (Fsp3) is 0.500. The summed E-state index contributed by atoms with van der Waals surface area (Å²) in [5.74, 6) is 0.204. The number of hydrogen-bond acceptors (Lipinski definition) is 9. The molecule has 8 rings (SSSR count). The van der Waals surface area contributed by atoms with Crippen LogP contribution >= 0.6 is 11.6 Å². The van der Waals surface area contributed by atoms with Crippen LogP contribution in [0.5, 0.6) is 11.5 Å². The third-order valence-electron chi connectivity index (χ3n) is 14.4. The van der Waals surface area contributed by atoms with Gasteiger partial charge in [-0.15, -0.1) is 0 Å². The lowest BCUT2D eigenvalue weighted by Crippen LogP contribution is -2.48. The number of ether oxygens (including phenoxy) is 1. The van der Waals surface area contributed by atoms with Gasteiger partial charge in [0.2, 0.25) is 5.91 Å². The molecule has 3 aromatic carbocycles. The van der Waals surface area contributed by atoms with Gasteiger partial charge in [0, 0.05) is 90.8 Å². The van der Waals surface area contributed by atoms with Gasteiger partial charge in [-0.05, 0) is 109 Å². The van der Waals surface area contributed by atoms with Crippen LogP contribution in [0, 0.1) is 29.2 Å². The molecule has 0 atom stereocenters. The number of amides is 1. The largest absolute Gasteiger partial charge is 0.457 e. The number of rotatable bonds is 17. The van der Waals surface area contributed by atoms with E-state index in [2.05, 4.69) is 63.3 Å². The molecule has 0 spiro atoms. The van der Waals surface area contributed by atoms with Crippen molar-refractivity contribution >= 4 is 40.3 Å². The normalized spacial score (nSPS) is 14.8. The maximum atomic E-state index is 15.8. The number of aryl methyl sites for hydroxylation is 2. The summed E-state index contributed by atoms with van der Waals surface area (Å²) in [4.78, 5) is 23.7. The van der Waals surface area contributed by atoms with E-state index >= 15 is 13.2 Å². The van der Waals surface area contributed by atoms with Crippen molar-refractivity contribution in [3.63, 3.8) is 0 Å². The summed E-state index contributed by atoms with van der Waals surface area (Å²) < 4.78 is 69.4. The Morgan fingerprint density at radius 3 is 2.15 bits per heavy atom. The summed E-state index contributed by atoms with van der Waals surface area (Å²) in [5, 5.41) is 7.97. The molecule has 1 saturated carbocycles. The minimum atomic E-state index is -0.673. The average Bonchev–Trinajstić information content (AvgIpc) is 3.91. The smallest absolute Gasteiger partial charge is 0.225 e. The van der Waals surface area contributed by atoms with Crippen LogP contribution in [-0.2, 0) is 24.7 Å². The number of para-hydroxylation sites is 1. The van der Waals surface area contributed by atoms with Crippen molar-refractivity contribution in [1.82, 2.24) is 29.9 Å². The SMILES string of the molecule is C=C1CCN(c2nn(C)c3c(F)c(CCCN(CCC)C4CCN(C(=O)C5CCCCC5)CC4)c(F)cc23)C(=C)N1.C=Cc1cnc(CCCC)c(F)c1-c1c(Cl)c(F)cc(Oc2ccccc2)c1C(C)C.CC.CN.CN. The van der Waals surface area contributed by atoms with Crippen molar-refractivity contribution in [3.8, 4) is 22.6 Å². The number of anilines is 1. The van der Waals surface area contributed by atoms with Gasteiger partial charge in [0.05, 0.1) is 16.1 Å². The van der Waals surface area contributed by atoms with Crippen LogP contribution in [0.4, 0.5) is 23.4 Å². The van der Waals surface area contributed by atoms with E-state index in [4.69, 9.17) is 16.3 Å². The Morgan fingerprint density at radius 1 is 0.885 bits per heavy atom. The van der Waals surface area contributed by atoms with Crippen molar-refractivity contribution in [2.75, 3.05) is 51.7 Å². The molecule has 1 amide bonds. The van der Waals surface area contributed by atoms with E-state index in [1.165, 1.54) is 56.2 Å². The first-order valence-electron chi connectivity index (χ1n) is 28.1. The molecule has 16 heteroatoms. The second kappa shape index (κ2) is 32.4. The molecular formula is C62H88ClF4N9O2. The molecule has 5 N–H and O–H groups in total. The first-order chi connectivity index (χ1) is 37.7. The predicted molar refractivity (Wildman–Crippen MR) is 316 cm³/mol. The zero-order valence-electron chi connectivity index (χ0n) is 48.0. The van der Waals surface area contributed by atoms with Gasteiger partial charge in [-0.1, -0.05) is 123 Å². The molecule has 4 heterocycles. The maximum absolute atomic E-state index is 15.8. The number of likely N-dealkylation sites (tertiary alicyclic amines) is 1. The fourth-order valence-corrected chi connectivity index (χ4v) is 10.9. The van der Waals surface area contributed by atoms with E-state index in [0.29, 0.717) is 95.0 Å². The van der Waals surface area contributed by atoms with E-state index in [9.17, 15) is 9.18 Å². The van der Waals surface area contributed by atoms with Crippen molar-refractivity contribution in [3.05, 3.63) is 131 Å². The third-order valence-corrected chi connectivity index (χ3v) is 14.8. The number of halogens is 5. The lowest BCUT2D eigenvalue weighted by molar-refractivity contribution is -0.138. The summed E-state index contributed by atoms with van der Waals surface area (Å²) in [6.45, 7) is 27.8. The molecule has 11 nitrogen and oxygen atoms in total. The number of fused-ring (bicyclic) bond motifs is 1. The van der Waals surface area contributed by atoms with Crippen molar-refractivity contribution < 1.29 is 27.1 Å². The Bertz CT molecular complexity index is 2740. The fourth-order valence-electron chi connectivity index (χ4n) is 10.6. The van der Waals surface area contributed by atoms with Crippen LogP contribution in [0.2, 0.25) is 5.02 Å². The van der Waals surface area contributed by atoms with Crippen molar-refractivity contribution in [2.45, 2.75) is 143 Å². The highest BCUT2D eigenvalue weighted by Gasteiger charge is 2.32. The molecule has 5 aromatic rings. The molecule has 2 saturated heterocycles. The minimum absolute atomic E-state index is 0.115. The number of pyridine rings is 1. The van der Waals surface area contributed by atoms with E-state index in [-0.39, 0.29) is 33.5 Å². The zero-order chi connectivity index (χ0) is 57.6. The molecule has 3 fully saturated rings. The number of carbonyl (C=O) groups excluding carboxylic acids is 1. The molecule has 0 unspecified atom stereocenters. The molecule has 0 radical (unpaired) electrons. The monoisotopic (exact) mass is 1100 g/mol. The number of piperidine rings is 1. The highest BCUT2D eigenvalue weighted by atomic mass is 35.5. The minimum Gasteiger partial charge on any atom is -0.457 e. The molecule has 2 aliphatic heterocycles. The molecular weight excluding hydrogens is 1010 g/mol. The number of nitrogens with zero attached hydrogens (tertiary/aromatic N) is 6. The number of benzene rings is 3. The van der Waals surface area contributed by atoms with E-state index in [0.717, 1.165) is 76.8 Å². The second-order valence-electron chi connectivity index (χ2n) is 19.8. The lowest BCUT2D eigenvalue weighted by Gasteiger charge is -2.40. The molecule has 2 aromatic heterocycles. The van der Waals surface area contributed by atoms with Crippen LogP contribution in [0.3, 0.4) is 0 Å². The van der Waals surface area contributed by atoms with Crippen molar-refractivity contribution in [1.29, 1.82) is 0 Å². The number of unbranched alkanes of at least 4 members (excludes halogenated alkanes) is 1. The highest BCUT2D eigenvalue weighted by molar-refractivity contribution is 6.34. The maximum Gasteiger partial charge on any atom is 0.225 e. The summed E-state index contributed by atoms with van der Waals surface area (Å²) in [7, 11) is 4.70. The van der Waals surface area contributed by atoms with Gasteiger partial charge in [-0.2, -0.15) is 5.10 Å². The van der Waals surface area contributed by atoms with Gasteiger partial charge < -0.3 is 36.2 Å². The van der Waals surface area contributed by atoms with Crippen LogP contribution < -0.4 is 26.4 Å². The average molecular weight is 1100 g/mol. The van der Waals surface area contributed by atoms with Gasteiger partial charge in [0.15, 0.2) is 17.5 Å². The van der Waals surface area contributed by atoms with Gasteiger partial charge in [0.1, 0.15) is 34.5 Å². The number of carbonyl (C=O) groups is 1. The van der Waals surface area contributed by atoms with Gasteiger partial charge in [0.25, 0.3) is 0 Å². The third kappa shape index (κ3) is 16.0. The standard InChI is InChI=1S/C32H46F2N6O.C26H26ClF2NO.C2H6.2CH5N/c1-5-16-38(25-14-18-39(19-15-25)32(41)24-10-7-6-8-11-24)17-9-12-26-28(33)21-27-30(29(26)34)37(4)36-31(27)40-20-13-22(2)35-23(40)3;1-5-7-13-20-26(29)23(17(6-2)15-30-20)24-22(16(3)4)21(14-19(28)25(24)27)31-18-11-9-8-10-12-18;3*1-2/h21,24-25,35H,2-3,5-20H2,1,4H3;6,8-12,14-16H,2,5,7,13H2,1,3-4H3;1-2H3;2*2H2,1H3.